The average molecular weight is 398 g/mol. The predicted octanol–water partition coefficient (Wildman–Crippen LogP) is 4.10. The minimum Gasteiger partial charge on any atom is -0.352 e. The van der Waals surface area contributed by atoms with Gasteiger partial charge in [0.05, 0.1) is 11.6 Å². The van der Waals surface area contributed by atoms with E-state index in [4.69, 9.17) is 0 Å². The number of amides is 1. The van der Waals surface area contributed by atoms with Crippen molar-refractivity contribution >= 4 is 5.91 Å². The summed E-state index contributed by atoms with van der Waals surface area (Å²) in [7, 11) is 1.99. The summed E-state index contributed by atoms with van der Waals surface area (Å²) in [6, 6.07) is -0.105. The van der Waals surface area contributed by atoms with Crippen molar-refractivity contribution in [2.45, 2.75) is 64.1 Å². The van der Waals surface area contributed by atoms with E-state index in [1.54, 1.807) is 6.92 Å². The third-order valence-electron chi connectivity index (χ3n) is 5.80. The van der Waals surface area contributed by atoms with E-state index in [0.717, 1.165) is 45.2 Å². The lowest BCUT2D eigenvalue weighted by atomic mass is 9.97. The van der Waals surface area contributed by atoms with E-state index in [1.807, 2.05) is 7.05 Å². The number of halogens is 3. The lowest BCUT2D eigenvalue weighted by molar-refractivity contribution is -0.141. The highest BCUT2D eigenvalue weighted by atomic mass is 19.4. The smallest absolute Gasteiger partial charge is 0.352 e. The number of alkyl halides is 3. The Labute approximate surface area is 164 Å². The standard InChI is InChI=1S/C20H29F3N4O/c1-14-17(19(28)24-11-8-15-6-4-3-5-7-15)18(20(21,22)23)25-27(14)16-9-12-26(2)13-10-16/h6,16H,3-5,7-13H2,1-2H3,(H,24,28). The molecule has 1 aliphatic heterocycles. The molecule has 5 nitrogen and oxygen atoms in total. The number of hydrogen-bond donors (Lipinski definition) is 1. The molecule has 1 aromatic rings. The van der Waals surface area contributed by atoms with Crippen LogP contribution in [0.1, 0.15) is 72.7 Å². The molecule has 0 bridgehead atoms. The number of nitrogens with zero attached hydrogens (tertiary/aromatic N) is 3. The number of nitrogens with one attached hydrogen (secondary N) is 1. The lowest BCUT2D eigenvalue weighted by Gasteiger charge is -2.29. The van der Waals surface area contributed by atoms with Crippen molar-refractivity contribution in [3.05, 3.63) is 28.6 Å². The van der Waals surface area contributed by atoms with E-state index in [1.165, 1.54) is 16.7 Å². The molecular weight excluding hydrogens is 369 g/mol. The molecule has 0 radical (unpaired) electrons. The molecule has 28 heavy (non-hydrogen) atoms. The van der Waals surface area contributed by atoms with Gasteiger partial charge in [-0.25, -0.2) is 0 Å². The van der Waals surface area contributed by atoms with E-state index in [9.17, 15) is 18.0 Å². The molecule has 1 saturated heterocycles. The Bertz CT molecular complexity index is 731. The summed E-state index contributed by atoms with van der Waals surface area (Å²) in [6.07, 6.45) is 4.05. The van der Waals surface area contributed by atoms with Crippen LogP contribution < -0.4 is 5.32 Å². The maximum absolute atomic E-state index is 13.6. The minimum absolute atomic E-state index is 0.105. The number of aromatic nitrogens is 2. The van der Waals surface area contributed by atoms with Gasteiger partial charge in [-0.05, 0) is 72.0 Å². The number of carbonyl (C=O) groups excluding carboxylic acids is 1. The zero-order valence-corrected chi connectivity index (χ0v) is 16.6. The first-order chi connectivity index (χ1) is 13.3. The third-order valence-corrected chi connectivity index (χ3v) is 5.80. The predicted molar refractivity (Wildman–Crippen MR) is 101 cm³/mol. The second-order valence-corrected chi connectivity index (χ2v) is 7.90. The summed E-state index contributed by atoms with van der Waals surface area (Å²) < 4.78 is 42.1. The quantitative estimate of drug-likeness (QED) is 0.760. The van der Waals surface area contributed by atoms with Crippen LogP contribution in [0.5, 0.6) is 0 Å². The van der Waals surface area contributed by atoms with Crippen molar-refractivity contribution in [2.75, 3.05) is 26.7 Å². The highest BCUT2D eigenvalue weighted by Crippen LogP contribution is 2.35. The largest absolute Gasteiger partial charge is 0.435 e. The highest BCUT2D eigenvalue weighted by Gasteiger charge is 2.41. The Balaban J connectivity index is 1.76. The normalized spacial score (nSPS) is 19.5. The van der Waals surface area contributed by atoms with Crippen LogP contribution in [0, 0.1) is 6.92 Å². The topological polar surface area (TPSA) is 50.2 Å². The van der Waals surface area contributed by atoms with Crippen molar-refractivity contribution in [1.29, 1.82) is 0 Å². The van der Waals surface area contributed by atoms with E-state index >= 15 is 0 Å². The molecule has 1 fully saturated rings. The Morgan fingerprint density at radius 1 is 1.29 bits per heavy atom. The number of piperidine rings is 1. The van der Waals surface area contributed by atoms with Gasteiger partial charge >= 0.3 is 6.18 Å². The second-order valence-electron chi connectivity index (χ2n) is 7.90. The molecule has 0 atom stereocenters. The molecule has 1 aromatic heterocycles. The first-order valence-electron chi connectivity index (χ1n) is 10.1. The van der Waals surface area contributed by atoms with Crippen LogP contribution >= 0.6 is 0 Å². The molecule has 2 aliphatic rings. The number of carbonyl (C=O) groups is 1. The van der Waals surface area contributed by atoms with Gasteiger partial charge in [0.2, 0.25) is 0 Å². The molecular formula is C20H29F3N4O. The van der Waals surface area contributed by atoms with Gasteiger partial charge in [-0.1, -0.05) is 11.6 Å². The molecule has 1 aliphatic carbocycles. The summed E-state index contributed by atoms with van der Waals surface area (Å²) in [5.41, 5.74) is 0.181. The van der Waals surface area contributed by atoms with E-state index in [-0.39, 0.29) is 11.6 Å². The molecule has 2 heterocycles. The molecule has 0 aromatic carbocycles. The maximum atomic E-state index is 13.6. The monoisotopic (exact) mass is 398 g/mol. The van der Waals surface area contributed by atoms with E-state index < -0.39 is 17.8 Å². The van der Waals surface area contributed by atoms with Crippen molar-refractivity contribution in [2.24, 2.45) is 0 Å². The van der Waals surface area contributed by atoms with Crippen LogP contribution in [0.2, 0.25) is 0 Å². The Hall–Kier alpha value is -1.83. The van der Waals surface area contributed by atoms with Crippen molar-refractivity contribution in [3.8, 4) is 0 Å². The fraction of sp³-hybridized carbons (Fsp3) is 0.700. The number of rotatable bonds is 5. The zero-order valence-electron chi connectivity index (χ0n) is 16.6. The van der Waals surface area contributed by atoms with Gasteiger partial charge in [0.1, 0.15) is 0 Å². The molecule has 0 saturated carbocycles. The molecule has 3 rings (SSSR count). The fourth-order valence-electron chi connectivity index (χ4n) is 4.14. The number of hydrogen-bond acceptors (Lipinski definition) is 3. The van der Waals surface area contributed by atoms with Crippen LogP contribution in [0.4, 0.5) is 13.2 Å². The molecule has 156 valence electrons. The van der Waals surface area contributed by atoms with E-state index in [2.05, 4.69) is 21.4 Å². The van der Waals surface area contributed by atoms with Crippen molar-refractivity contribution in [1.82, 2.24) is 20.0 Å². The minimum atomic E-state index is -4.65. The van der Waals surface area contributed by atoms with Crippen molar-refractivity contribution in [3.63, 3.8) is 0 Å². The molecule has 8 heteroatoms. The van der Waals surface area contributed by atoms with Crippen LogP contribution in [0.3, 0.4) is 0 Å². The summed E-state index contributed by atoms with van der Waals surface area (Å²) in [4.78, 5) is 14.8. The fourth-order valence-corrected chi connectivity index (χ4v) is 4.14. The molecule has 0 unspecified atom stereocenters. The van der Waals surface area contributed by atoms with Gasteiger partial charge in [-0.15, -0.1) is 0 Å². The number of likely N-dealkylation sites (tertiary alicyclic amines) is 1. The third kappa shape index (κ3) is 4.77. The SMILES string of the molecule is Cc1c(C(=O)NCCC2=CCCCC2)c(C(F)(F)F)nn1C1CCN(C)CC1. The Morgan fingerprint density at radius 2 is 2.00 bits per heavy atom. The van der Waals surface area contributed by atoms with E-state index in [0.29, 0.717) is 18.7 Å². The summed E-state index contributed by atoms with van der Waals surface area (Å²) in [5, 5.41) is 6.53. The lowest BCUT2D eigenvalue weighted by Crippen LogP contribution is -2.32. The Kier molecular flexibility index (Phi) is 6.47. The Morgan fingerprint density at radius 3 is 2.61 bits per heavy atom. The summed E-state index contributed by atoms with van der Waals surface area (Å²) >= 11 is 0. The first-order valence-corrected chi connectivity index (χ1v) is 10.1. The summed E-state index contributed by atoms with van der Waals surface area (Å²) in [5.74, 6) is -0.680. The second kappa shape index (κ2) is 8.68. The maximum Gasteiger partial charge on any atom is 0.435 e. The van der Waals surface area contributed by atoms with Crippen LogP contribution in [-0.4, -0.2) is 47.3 Å². The summed E-state index contributed by atoms with van der Waals surface area (Å²) in [6.45, 7) is 3.53. The highest BCUT2D eigenvalue weighted by molar-refractivity contribution is 5.96. The molecule has 1 N–H and O–H groups in total. The number of allylic oxidation sites excluding steroid dienone is 1. The van der Waals surface area contributed by atoms with Crippen LogP contribution in [-0.2, 0) is 6.18 Å². The van der Waals surface area contributed by atoms with Gasteiger partial charge in [-0.3, -0.25) is 9.48 Å². The molecule has 0 spiro atoms. The van der Waals surface area contributed by atoms with Crippen molar-refractivity contribution < 1.29 is 18.0 Å². The zero-order chi connectivity index (χ0) is 20.3. The van der Waals surface area contributed by atoms with Gasteiger partial charge in [-0.2, -0.15) is 18.3 Å². The van der Waals surface area contributed by atoms with Gasteiger partial charge in [0, 0.05) is 12.2 Å². The first kappa shape index (κ1) is 20.9. The molecule has 1 amide bonds. The van der Waals surface area contributed by atoms with Crippen LogP contribution in [0.15, 0.2) is 11.6 Å². The van der Waals surface area contributed by atoms with Gasteiger partial charge in [0.25, 0.3) is 5.91 Å². The van der Waals surface area contributed by atoms with Crippen LogP contribution in [0.25, 0.3) is 0 Å². The average Bonchev–Trinajstić information content (AvgIpc) is 3.01. The van der Waals surface area contributed by atoms with Gasteiger partial charge < -0.3 is 10.2 Å². The van der Waals surface area contributed by atoms with Gasteiger partial charge in [0.15, 0.2) is 5.69 Å².